The third-order valence-corrected chi connectivity index (χ3v) is 3.96. The minimum absolute atomic E-state index is 0.0373. The molecule has 3 nitrogen and oxygen atoms in total. The third-order valence-electron chi connectivity index (χ3n) is 3.96. The van der Waals surface area contributed by atoms with Crippen molar-refractivity contribution in [2.24, 2.45) is 0 Å². The molecule has 1 heterocycles. The summed E-state index contributed by atoms with van der Waals surface area (Å²) in [7, 11) is 0. The average Bonchev–Trinajstić information content (AvgIpc) is 2.58. The summed E-state index contributed by atoms with van der Waals surface area (Å²) in [5.41, 5.74) is 2.02. The van der Waals surface area contributed by atoms with Gasteiger partial charge in [-0.15, -0.1) is 0 Å². The van der Waals surface area contributed by atoms with E-state index in [1.165, 1.54) is 22.5 Å². The van der Waals surface area contributed by atoms with Gasteiger partial charge < -0.3 is 0 Å². The SMILES string of the molecule is O=c1cnn(Cc2cccc3ccccc23)c2ccccc12. The van der Waals surface area contributed by atoms with E-state index < -0.39 is 0 Å². The molecule has 1 aromatic heterocycles. The van der Waals surface area contributed by atoms with Crippen LogP contribution in [0.15, 0.2) is 77.7 Å². The molecule has 4 rings (SSSR count). The van der Waals surface area contributed by atoms with E-state index in [-0.39, 0.29) is 5.43 Å². The topological polar surface area (TPSA) is 34.9 Å². The fourth-order valence-corrected chi connectivity index (χ4v) is 2.88. The normalized spacial score (nSPS) is 11.1. The first-order valence-corrected chi connectivity index (χ1v) is 7.24. The van der Waals surface area contributed by atoms with Gasteiger partial charge in [-0.2, -0.15) is 5.10 Å². The molecule has 0 N–H and O–H groups in total. The molecule has 3 heteroatoms. The Morgan fingerprint density at radius 2 is 1.55 bits per heavy atom. The molecule has 0 aliphatic rings. The predicted octanol–water partition coefficient (Wildman–Crippen LogP) is 3.60. The summed E-state index contributed by atoms with van der Waals surface area (Å²) in [5, 5.41) is 7.45. The third kappa shape index (κ3) is 2.07. The van der Waals surface area contributed by atoms with Gasteiger partial charge in [0.15, 0.2) is 0 Å². The number of nitrogens with zero attached hydrogens (tertiary/aromatic N) is 2. The van der Waals surface area contributed by atoms with Crippen LogP contribution in [0, 0.1) is 0 Å². The van der Waals surface area contributed by atoms with Crippen molar-refractivity contribution in [1.29, 1.82) is 0 Å². The Bertz CT molecular complexity index is 1030. The molecule has 0 aliphatic heterocycles. The summed E-state index contributed by atoms with van der Waals surface area (Å²) in [6.45, 7) is 0.641. The number of hydrogen-bond acceptors (Lipinski definition) is 2. The second-order valence-electron chi connectivity index (χ2n) is 5.32. The van der Waals surface area contributed by atoms with Gasteiger partial charge in [0.1, 0.15) is 0 Å². The summed E-state index contributed by atoms with van der Waals surface area (Å²) in [6, 6.07) is 22.2. The molecule has 0 aliphatic carbocycles. The summed E-state index contributed by atoms with van der Waals surface area (Å²) < 4.78 is 1.89. The van der Waals surface area contributed by atoms with Gasteiger partial charge in [-0.25, -0.2) is 0 Å². The highest BCUT2D eigenvalue weighted by molar-refractivity contribution is 5.86. The van der Waals surface area contributed by atoms with Gasteiger partial charge in [0.2, 0.25) is 5.43 Å². The molecule has 4 aromatic rings. The summed E-state index contributed by atoms with van der Waals surface area (Å²) >= 11 is 0. The largest absolute Gasteiger partial charge is 0.287 e. The Labute approximate surface area is 127 Å². The number of fused-ring (bicyclic) bond motifs is 2. The van der Waals surface area contributed by atoms with Crippen molar-refractivity contribution < 1.29 is 0 Å². The fourth-order valence-electron chi connectivity index (χ4n) is 2.88. The summed E-state index contributed by atoms with van der Waals surface area (Å²) in [5.74, 6) is 0. The predicted molar refractivity (Wildman–Crippen MR) is 89.1 cm³/mol. The van der Waals surface area contributed by atoms with E-state index in [1.807, 2.05) is 41.1 Å². The molecule has 0 fully saturated rings. The minimum atomic E-state index is -0.0373. The Morgan fingerprint density at radius 1 is 0.818 bits per heavy atom. The highest BCUT2D eigenvalue weighted by Gasteiger charge is 2.06. The van der Waals surface area contributed by atoms with E-state index in [0.29, 0.717) is 11.9 Å². The van der Waals surface area contributed by atoms with Gasteiger partial charge in [0.05, 0.1) is 18.3 Å². The van der Waals surface area contributed by atoms with E-state index in [9.17, 15) is 4.79 Å². The van der Waals surface area contributed by atoms with Crippen LogP contribution in [0.5, 0.6) is 0 Å². The monoisotopic (exact) mass is 286 g/mol. The van der Waals surface area contributed by atoms with E-state index in [4.69, 9.17) is 0 Å². The molecule has 0 saturated carbocycles. The maximum absolute atomic E-state index is 11.9. The zero-order valence-corrected chi connectivity index (χ0v) is 11.9. The van der Waals surface area contributed by atoms with Crippen LogP contribution in [0.4, 0.5) is 0 Å². The van der Waals surface area contributed by atoms with Gasteiger partial charge >= 0.3 is 0 Å². The van der Waals surface area contributed by atoms with E-state index in [1.54, 1.807) is 0 Å². The molecule has 106 valence electrons. The molecule has 0 spiro atoms. The standard InChI is InChI=1S/C19H14N2O/c22-19-12-20-21(18-11-4-3-10-17(18)19)13-15-8-5-7-14-6-1-2-9-16(14)15/h1-12H,13H2. The number of rotatable bonds is 2. The summed E-state index contributed by atoms with van der Waals surface area (Å²) in [4.78, 5) is 11.9. The Balaban J connectivity index is 1.90. The van der Waals surface area contributed by atoms with Gasteiger partial charge in [-0.1, -0.05) is 54.6 Å². The lowest BCUT2D eigenvalue weighted by atomic mass is 10.0. The Morgan fingerprint density at radius 3 is 2.45 bits per heavy atom. The number of para-hydroxylation sites is 1. The zero-order valence-electron chi connectivity index (χ0n) is 11.9. The average molecular weight is 286 g/mol. The molecule has 0 atom stereocenters. The van der Waals surface area contributed by atoms with Gasteiger partial charge in [-0.05, 0) is 28.5 Å². The van der Waals surface area contributed by atoms with Gasteiger partial charge in [0, 0.05) is 5.39 Å². The molecule has 0 bridgehead atoms. The number of benzene rings is 3. The molecule has 0 saturated heterocycles. The lowest BCUT2D eigenvalue weighted by molar-refractivity contribution is 0.698. The fraction of sp³-hybridized carbons (Fsp3) is 0.0526. The van der Waals surface area contributed by atoms with Crippen molar-refractivity contribution in [2.75, 3.05) is 0 Å². The highest BCUT2D eigenvalue weighted by Crippen LogP contribution is 2.20. The smallest absolute Gasteiger partial charge is 0.207 e. The second-order valence-corrected chi connectivity index (χ2v) is 5.32. The van der Waals surface area contributed by atoms with E-state index in [0.717, 1.165) is 5.52 Å². The van der Waals surface area contributed by atoms with Crippen LogP contribution >= 0.6 is 0 Å². The van der Waals surface area contributed by atoms with Crippen LogP contribution in [-0.4, -0.2) is 9.78 Å². The van der Waals surface area contributed by atoms with Crippen LogP contribution in [0.3, 0.4) is 0 Å². The minimum Gasteiger partial charge on any atom is -0.287 e. The molecule has 22 heavy (non-hydrogen) atoms. The quantitative estimate of drug-likeness (QED) is 0.564. The second kappa shape index (κ2) is 5.11. The number of hydrogen-bond donors (Lipinski definition) is 0. The van der Waals surface area contributed by atoms with Crippen molar-refractivity contribution in [3.05, 3.63) is 88.7 Å². The maximum Gasteiger partial charge on any atom is 0.207 e. The first-order chi connectivity index (χ1) is 10.8. The van der Waals surface area contributed by atoms with Crippen LogP contribution in [0.2, 0.25) is 0 Å². The van der Waals surface area contributed by atoms with E-state index >= 15 is 0 Å². The van der Waals surface area contributed by atoms with Crippen molar-refractivity contribution in [3.63, 3.8) is 0 Å². The zero-order chi connectivity index (χ0) is 14.9. The van der Waals surface area contributed by atoms with Gasteiger partial charge in [-0.3, -0.25) is 9.48 Å². The lowest BCUT2D eigenvalue weighted by Crippen LogP contribution is -2.13. The molecular weight excluding hydrogens is 272 g/mol. The first kappa shape index (κ1) is 12.8. The van der Waals surface area contributed by atoms with Crippen LogP contribution in [0.1, 0.15) is 5.56 Å². The van der Waals surface area contributed by atoms with Crippen molar-refractivity contribution in [1.82, 2.24) is 9.78 Å². The van der Waals surface area contributed by atoms with Crippen molar-refractivity contribution >= 4 is 21.7 Å². The lowest BCUT2D eigenvalue weighted by Gasteiger charge is -2.11. The molecule has 0 radical (unpaired) electrons. The molecule has 3 aromatic carbocycles. The van der Waals surface area contributed by atoms with Crippen LogP contribution < -0.4 is 5.43 Å². The van der Waals surface area contributed by atoms with Crippen molar-refractivity contribution in [2.45, 2.75) is 6.54 Å². The number of aromatic nitrogens is 2. The maximum atomic E-state index is 11.9. The first-order valence-electron chi connectivity index (χ1n) is 7.24. The Hall–Kier alpha value is -2.94. The van der Waals surface area contributed by atoms with Crippen LogP contribution in [0.25, 0.3) is 21.7 Å². The highest BCUT2D eigenvalue weighted by atomic mass is 16.1. The molecule has 0 unspecified atom stereocenters. The van der Waals surface area contributed by atoms with E-state index in [2.05, 4.69) is 35.4 Å². The molecular formula is C19H14N2O. The van der Waals surface area contributed by atoms with Gasteiger partial charge in [0.25, 0.3) is 0 Å². The Kier molecular flexibility index (Phi) is 2.97. The summed E-state index contributed by atoms with van der Waals surface area (Å²) in [6.07, 6.45) is 1.40. The van der Waals surface area contributed by atoms with Crippen LogP contribution in [-0.2, 0) is 6.54 Å². The van der Waals surface area contributed by atoms with Crippen molar-refractivity contribution in [3.8, 4) is 0 Å². The molecule has 0 amide bonds.